The quantitative estimate of drug-likeness (QED) is 0.801. The second kappa shape index (κ2) is 5.00. The predicted molar refractivity (Wildman–Crippen MR) is 49.5 cm³/mol. The molecule has 4 nitrogen and oxygen atoms in total. The second-order valence-electron chi connectivity index (χ2n) is 3.01. The van der Waals surface area contributed by atoms with Crippen LogP contribution < -0.4 is 9.47 Å². The number of aromatic nitrogens is 2. The molecule has 0 saturated heterocycles. The Hall–Kier alpha value is -1.53. The number of alkyl halides is 3. The molecule has 1 aromatic heterocycles. The van der Waals surface area contributed by atoms with Crippen LogP contribution in [0, 0.1) is 0 Å². The van der Waals surface area contributed by atoms with Crippen molar-refractivity contribution >= 4 is 0 Å². The van der Waals surface area contributed by atoms with E-state index in [1.54, 1.807) is 0 Å². The first-order valence-electron chi connectivity index (χ1n) is 4.47. The van der Waals surface area contributed by atoms with E-state index >= 15 is 0 Å². The number of hydrogen-bond acceptors (Lipinski definition) is 4. The average molecular weight is 236 g/mol. The van der Waals surface area contributed by atoms with E-state index in [0.29, 0.717) is 5.56 Å². The third-order valence-electron chi connectivity index (χ3n) is 1.86. The van der Waals surface area contributed by atoms with E-state index in [1.165, 1.54) is 20.4 Å². The van der Waals surface area contributed by atoms with Crippen molar-refractivity contribution in [2.75, 3.05) is 14.2 Å². The van der Waals surface area contributed by atoms with Gasteiger partial charge < -0.3 is 9.47 Å². The summed E-state index contributed by atoms with van der Waals surface area (Å²) in [6.45, 7) is 0. The van der Waals surface area contributed by atoms with Crippen LogP contribution in [0.15, 0.2) is 6.20 Å². The largest absolute Gasteiger partial charge is 0.481 e. The summed E-state index contributed by atoms with van der Waals surface area (Å²) in [5, 5.41) is 0. The van der Waals surface area contributed by atoms with Crippen LogP contribution in [0.25, 0.3) is 0 Å². The van der Waals surface area contributed by atoms with Gasteiger partial charge in [-0.05, 0) is 6.42 Å². The fourth-order valence-corrected chi connectivity index (χ4v) is 1.10. The van der Waals surface area contributed by atoms with Crippen molar-refractivity contribution in [2.45, 2.75) is 19.0 Å². The zero-order chi connectivity index (χ0) is 12.2. The number of rotatable bonds is 4. The molecule has 0 fully saturated rings. The van der Waals surface area contributed by atoms with Crippen LogP contribution in [0.1, 0.15) is 12.0 Å². The van der Waals surface area contributed by atoms with Gasteiger partial charge in [-0.3, -0.25) is 0 Å². The number of methoxy groups -OCH3 is 2. The Kier molecular flexibility index (Phi) is 3.92. The number of nitrogens with zero attached hydrogens (tertiary/aromatic N) is 2. The molecule has 0 aliphatic heterocycles. The van der Waals surface area contributed by atoms with E-state index in [0.717, 1.165) is 0 Å². The lowest BCUT2D eigenvalue weighted by atomic mass is 10.2. The van der Waals surface area contributed by atoms with Crippen molar-refractivity contribution in [1.29, 1.82) is 0 Å². The van der Waals surface area contributed by atoms with Crippen molar-refractivity contribution in [1.82, 2.24) is 9.97 Å². The Bertz CT molecular complexity index is 355. The van der Waals surface area contributed by atoms with Gasteiger partial charge in [0.15, 0.2) is 0 Å². The molecule has 0 aromatic carbocycles. The summed E-state index contributed by atoms with van der Waals surface area (Å²) in [4.78, 5) is 7.51. The van der Waals surface area contributed by atoms with Crippen molar-refractivity contribution in [3.8, 4) is 11.9 Å². The van der Waals surface area contributed by atoms with Crippen molar-refractivity contribution in [2.24, 2.45) is 0 Å². The molecule has 0 N–H and O–H groups in total. The van der Waals surface area contributed by atoms with Gasteiger partial charge in [0.2, 0.25) is 5.88 Å². The smallest absolute Gasteiger partial charge is 0.389 e. The first-order valence-corrected chi connectivity index (χ1v) is 4.47. The molecule has 16 heavy (non-hydrogen) atoms. The maximum absolute atomic E-state index is 12.0. The molecule has 0 amide bonds. The SMILES string of the molecule is COc1ncc(CCC(F)(F)F)c(OC)n1. The molecule has 0 unspecified atom stereocenters. The molecule has 0 spiro atoms. The minimum absolute atomic E-state index is 0.0626. The standard InChI is InChI=1S/C9H11F3N2O2/c1-15-7-6(3-4-9(10,11)12)5-13-8(14-7)16-2/h5H,3-4H2,1-2H3. The zero-order valence-corrected chi connectivity index (χ0v) is 8.84. The Morgan fingerprint density at radius 3 is 2.44 bits per heavy atom. The van der Waals surface area contributed by atoms with Gasteiger partial charge in [-0.1, -0.05) is 0 Å². The lowest BCUT2D eigenvalue weighted by Crippen LogP contribution is -2.10. The first-order chi connectivity index (χ1) is 7.46. The zero-order valence-electron chi connectivity index (χ0n) is 8.84. The fraction of sp³-hybridized carbons (Fsp3) is 0.556. The molecule has 1 aromatic rings. The van der Waals surface area contributed by atoms with Crippen LogP contribution in [0.3, 0.4) is 0 Å². The molecule has 90 valence electrons. The van der Waals surface area contributed by atoms with Crippen LogP contribution >= 0.6 is 0 Å². The number of hydrogen-bond donors (Lipinski definition) is 0. The highest BCUT2D eigenvalue weighted by Gasteiger charge is 2.27. The van der Waals surface area contributed by atoms with Crippen LogP contribution in [0.5, 0.6) is 11.9 Å². The van der Waals surface area contributed by atoms with E-state index in [2.05, 4.69) is 9.97 Å². The van der Waals surface area contributed by atoms with E-state index in [1.807, 2.05) is 0 Å². The molecule has 0 saturated carbocycles. The molecule has 0 atom stereocenters. The minimum Gasteiger partial charge on any atom is -0.481 e. The maximum atomic E-state index is 12.0. The monoisotopic (exact) mass is 236 g/mol. The summed E-state index contributed by atoms with van der Waals surface area (Å²) in [5.41, 5.74) is 0.306. The van der Waals surface area contributed by atoms with Gasteiger partial charge in [0, 0.05) is 18.2 Å². The molecule has 0 aliphatic rings. The summed E-state index contributed by atoms with van der Waals surface area (Å²) in [6.07, 6.45) is -4.07. The number of ether oxygens (including phenoxy) is 2. The number of aryl methyl sites for hydroxylation is 1. The van der Waals surface area contributed by atoms with Gasteiger partial charge in [0.25, 0.3) is 0 Å². The average Bonchev–Trinajstić information content (AvgIpc) is 2.25. The molecule has 7 heteroatoms. The highest BCUT2D eigenvalue weighted by atomic mass is 19.4. The van der Waals surface area contributed by atoms with Gasteiger partial charge in [-0.15, -0.1) is 0 Å². The summed E-state index contributed by atoms with van der Waals surface area (Å²) in [5.74, 6) is 0.108. The normalized spacial score (nSPS) is 11.3. The van der Waals surface area contributed by atoms with Crippen LogP contribution in [0.2, 0.25) is 0 Å². The molecule has 1 rings (SSSR count). The first kappa shape index (κ1) is 12.5. The fourth-order valence-electron chi connectivity index (χ4n) is 1.10. The van der Waals surface area contributed by atoms with Crippen LogP contribution in [-0.4, -0.2) is 30.4 Å². The highest BCUT2D eigenvalue weighted by molar-refractivity contribution is 5.25. The predicted octanol–water partition coefficient (Wildman–Crippen LogP) is 1.99. The Labute approximate surface area is 90.4 Å². The summed E-state index contributed by atoms with van der Waals surface area (Å²) >= 11 is 0. The molecule has 0 aliphatic carbocycles. The molecule has 1 heterocycles. The Balaban J connectivity index is 2.79. The summed E-state index contributed by atoms with van der Waals surface area (Å²) in [6, 6.07) is 0.0626. The minimum atomic E-state index is -4.20. The molecule has 0 radical (unpaired) electrons. The summed E-state index contributed by atoms with van der Waals surface area (Å²) in [7, 11) is 2.70. The Morgan fingerprint density at radius 1 is 1.25 bits per heavy atom. The number of halogens is 3. The van der Waals surface area contributed by atoms with Crippen molar-refractivity contribution in [3.63, 3.8) is 0 Å². The Morgan fingerprint density at radius 2 is 1.94 bits per heavy atom. The van der Waals surface area contributed by atoms with E-state index in [4.69, 9.17) is 9.47 Å². The van der Waals surface area contributed by atoms with Crippen molar-refractivity contribution in [3.05, 3.63) is 11.8 Å². The van der Waals surface area contributed by atoms with E-state index in [9.17, 15) is 13.2 Å². The highest BCUT2D eigenvalue weighted by Crippen LogP contribution is 2.25. The van der Waals surface area contributed by atoms with Gasteiger partial charge >= 0.3 is 12.2 Å². The van der Waals surface area contributed by atoms with Gasteiger partial charge in [0.1, 0.15) is 0 Å². The molecule has 0 bridgehead atoms. The summed E-state index contributed by atoms with van der Waals surface area (Å²) < 4.78 is 45.6. The maximum Gasteiger partial charge on any atom is 0.389 e. The van der Waals surface area contributed by atoms with Crippen molar-refractivity contribution < 1.29 is 22.6 Å². The van der Waals surface area contributed by atoms with Gasteiger partial charge in [-0.2, -0.15) is 18.2 Å². The van der Waals surface area contributed by atoms with Crippen LogP contribution in [0.4, 0.5) is 13.2 Å². The van der Waals surface area contributed by atoms with Gasteiger partial charge in [0.05, 0.1) is 14.2 Å². The third kappa shape index (κ3) is 3.56. The second-order valence-corrected chi connectivity index (χ2v) is 3.01. The lowest BCUT2D eigenvalue weighted by molar-refractivity contribution is -0.134. The molecular weight excluding hydrogens is 225 g/mol. The molecular formula is C9H11F3N2O2. The lowest BCUT2D eigenvalue weighted by Gasteiger charge is -2.09. The van der Waals surface area contributed by atoms with E-state index < -0.39 is 12.6 Å². The van der Waals surface area contributed by atoms with E-state index in [-0.39, 0.29) is 18.3 Å². The van der Waals surface area contributed by atoms with Gasteiger partial charge in [-0.25, -0.2) is 4.98 Å². The van der Waals surface area contributed by atoms with Crippen LogP contribution in [-0.2, 0) is 6.42 Å². The topological polar surface area (TPSA) is 44.2 Å². The third-order valence-corrected chi connectivity index (χ3v) is 1.86.